The molecule has 0 aromatic rings. The molecule has 0 N–H and O–H groups in total. The molecule has 0 fully saturated rings. The lowest BCUT2D eigenvalue weighted by atomic mass is 10.1. The molecular weight excluding hydrogens is 251 g/mol. The molecule has 108 valence electrons. The van der Waals surface area contributed by atoms with E-state index in [0.717, 1.165) is 17.6 Å². The average molecular weight is 274 g/mol. The number of alkyl halides is 1. The van der Waals surface area contributed by atoms with E-state index in [1.165, 1.54) is 6.92 Å². The summed E-state index contributed by atoms with van der Waals surface area (Å²) in [6.45, 7) is 5.44. The average Bonchev–Trinajstić information content (AvgIpc) is 2.40. The predicted molar refractivity (Wildman–Crippen MR) is 84.6 cm³/mol. The van der Waals surface area contributed by atoms with Crippen LogP contribution in [0, 0.1) is 11.3 Å². The fourth-order valence-corrected chi connectivity index (χ4v) is 1.60. The van der Waals surface area contributed by atoms with Crippen molar-refractivity contribution in [2.24, 2.45) is 4.99 Å². The minimum absolute atomic E-state index is 0.380. The monoisotopic (exact) mass is 274 g/mol. The zero-order valence-corrected chi connectivity index (χ0v) is 12.7. The van der Waals surface area contributed by atoms with Gasteiger partial charge in [0.05, 0.1) is 12.5 Å². The van der Waals surface area contributed by atoms with Crippen molar-refractivity contribution in [3.05, 3.63) is 47.1 Å². The van der Waals surface area contributed by atoms with Crippen LogP contribution in [0.4, 0.5) is 4.39 Å². The number of halogens is 1. The Hall–Kier alpha value is -1.95. The lowest BCUT2D eigenvalue weighted by molar-refractivity contribution is 0.416. The lowest BCUT2D eigenvalue weighted by Gasteiger charge is -2.03. The van der Waals surface area contributed by atoms with E-state index in [-0.39, 0.29) is 0 Å². The van der Waals surface area contributed by atoms with Gasteiger partial charge in [0, 0.05) is 13.3 Å². The highest BCUT2D eigenvalue weighted by atomic mass is 19.1. The first kappa shape index (κ1) is 18.0. The van der Waals surface area contributed by atoms with Gasteiger partial charge < -0.3 is 0 Å². The van der Waals surface area contributed by atoms with Gasteiger partial charge in [-0.15, -0.1) is 0 Å². The maximum Gasteiger partial charge on any atom is 0.122 e. The number of nitrogens with zero attached hydrogens (tertiary/aromatic N) is 2. The molecule has 0 heterocycles. The summed E-state index contributed by atoms with van der Waals surface area (Å²) in [4.78, 5) is 3.99. The fourth-order valence-electron chi connectivity index (χ4n) is 1.60. The molecule has 2 nitrogen and oxygen atoms in total. The van der Waals surface area contributed by atoms with Crippen molar-refractivity contribution in [2.75, 3.05) is 7.05 Å². The van der Waals surface area contributed by atoms with Crippen LogP contribution in [0.3, 0.4) is 0 Å². The predicted octanol–water partition coefficient (Wildman–Crippen LogP) is 4.72. The molecule has 0 aliphatic heterocycles. The van der Waals surface area contributed by atoms with E-state index < -0.39 is 6.17 Å². The first-order valence-corrected chi connectivity index (χ1v) is 6.74. The molecule has 0 aliphatic rings. The van der Waals surface area contributed by atoms with Crippen LogP contribution < -0.4 is 0 Å². The van der Waals surface area contributed by atoms with Crippen molar-refractivity contribution >= 4 is 6.21 Å². The third-order valence-electron chi connectivity index (χ3n) is 2.56. The summed E-state index contributed by atoms with van der Waals surface area (Å²) >= 11 is 0. The molecule has 0 saturated heterocycles. The maximum atomic E-state index is 13.4. The maximum absolute atomic E-state index is 13.4. The fraction of sp³-hybridized carbons (Fsp3) is 0.412. The van der Waals surface area contributed by atoms with Crippen molar-refractivity contribution in [2.45, 2.75) is 39.8 Å². The molecule has 0 rings (SSSR count). The Labute approximate surface area is 121 Å². The Balaban J connectivity index is 5.17. The van der Waals surface area contributed by atoms with Crippen LogP contribution in [-0.2, 0) is 0 Å². The van der Waals surface area contributed by atoms with E-state index in [4.69, 9.17) is 5.26 Å². The van der Waals surface area contributed by atoms with Crippen molar-refractivity contribution < 1.29 is 4.39 Å². The SMILES string of the molecule is CC\C=C(/C=C/C(/C=N\C)=C/C(C)=CCC#N)C(C)F. The second-order valence-electron chi connectivity index (χ2n) is 4.40. The molecule has 3 heteroatoms. The highest BCUT2D eigenvalue weighted by Gasteiger charge is 2.02. The van der Waals surface area contributed by atoms with Gasteiger partial charge in [-0.05, 0) is 31.4 Å². The summed E-state index contributed by atoms with van der Waals surface area (Å²) in [6.07, 6.45) is 11.2. The summed E-state index contributed by atoms with van der Waals surface area (Å²) in [7, 11) is 1.69. The number of nitriles is 1. The van der Waals surface area contributed by atoms with Gasteiger partial charge in [-0.1, -0.05) is 42.9 Å². The highest BCUT2D eigenvalue weighted by molar-refractivity contribution is 5.83. The van der Waals surface area contributed by atoms with E-state index in [1.807, 2.05) is 38.2 Å². The van der Waals surface area contributed by atoms with Gasteiger partial charge >= 0.3 is 0 Å². The van der Waals surface area contributed by atoms with Gasteiger partial charge in [0.1, 0.15) is 6.17 Å². The van der Waals surface area contributed by atoms with Gasteiger partial charge in [0.2, 0.25) is 0 Å². The van der Waals surface area contributed by atoms with E-state index >= 15 is 0 Å². The van der Waals surface area contributed by atoms with Crippen LogP contribution in [0.25, 0.3) is 0 Å². The second-order valence-corrected chi connectivity index (χ2v) is 4.40. The van der Waals surface area contributed by atoms with E-state index in [0.29, 0.717) is 12.0 Å². The van der Waals surface area contributed by atoms with Crippen LogP contribution in [0.2, 0.25) is 0 Å². The van der Waals surface area contributed by atoms with Crippen molar-refractivity contribution in [1.82, 2.24) is 0 Å². The van der Waals surface area contributed by atoms with Gasteiger partial charge in [0.15, 0.2) is 0 Å². The Morgan fingerprint density at radius 3 is 2.55 bits per heavy atom. The molecule has 0 radical (unpaired) electrons. The molecule has 0 amide bonds. The first-order chi connectivity index (χ1) is 9.54. The highest BCUT2D eigenvalue weighted by Crippen LogP contribution is 2.11. The molecule has 1 unspecified atom stereocenters. The molecule has 0 saturated carbocycles. The topological polar surface area (TPSA) is 36.1 Å². The third-order valence-corrected chi connectivity index (χ3v) is 2.56. The Bertz CT molecular complexity index is 472. The zero-order chi connectivity index (χ0) is 15.4. The Morgan fingerprint density at radius 1 is 1.35 bits per heavy atom. The molecule has 0 aromatic carbocycles. The summed E-state index contributed by atoms with van der Waals surface area (Å²) in [5, 5.41) is 8.54. The smallest absolute Gasteiger partial charge is 0.122 e. The van der Waals surface area contributed by atoms with Crippen molar-refractivity contribution in [3.8, 4) is 6.07 Å². The van der Waals surface area contributed by atoms with Gasteiger partial charge in [-0.25, -0.2) is 4.39 Å². The van der Waals surface area contributed by atoms with Crippen LogP contribution in [0.15, 0.2) is 52.1 Å². The minimum atomic E-state index is -0.985. The van der Waals surface area contributed by atoms with Gasteiger partial charge in [-0.3, -0.25) is 4.99 Å². The Kier molecular flexibility index (Phi) is 9.86. The molecule has 0 bridgehead atoms. The molecule has 0 spiro atoms. The molecule has 0 aliphatic carbocycles. The lowest BCUT2D eigenvalue weighted by Crippen LogP contribution is -1.95. The summed E-state index contributed by atoms with van der Waals surface area (Å²) < 4.78 is 13.4. The van der Waals surface area contributed by atoms with E-state index in [1.54, 1.807) is 19.3 Å². The standard InChI is InChI=1S/C17H23FN2/c1-5-7-17(15(3)18)10-9-16(13-20-4)12-14(2)8-6-11-19/h7-10,12-13,15H,5-6H2,1-4H3/b10-9+,14-8?,16-12-,17-7+,20-13-. The minimum Gasteiger partial charge on any atom is -0.296 e. The zero-order valence-electron chi connectivity index (χ0n) is 12.7. The Morgan fingerprint density at radius 2 is 2.05 bits per heavy atom. The molecular formula is C17H23FN2. The van der Waals surface area contributed by atoms with Crippen LogP contribution in [0.1, 0.15) is 33.6 Å². The number of allylic oxidation sites excluding steroid dienone is 8. The largest absolute Gasteiger partial charge is 0.296 e. The van der Waals surface area contributed by atoms with Gasteiger partial charge in [0.25, 0.3) is 0 Å². The summed E-state index contributed by atoms with van der Waals surface area (Å²) in [5.74, 6) is 0. The van der Waals surface area contributed by atoms with Gasteiger partial charge in [-0.2, -0.15) is 5.26 Å². The number of aliphatic imine (C=N–C) groups is 1. The second kappa shape index (κ2) is 10.9. The van der Waals surface area contributed by atoms with E-state index in [2.05, 4.69) is 11.1 Å². The molecule has 0 aromatic heterocycles. The number of rotatable bonds is 7. The van der Waals surface area contributed by atoms with Crippen LogP contribution in [0.5, 0.6) is 0 Å². The third kappa shape index (κ3) is 8.20. The number of hydrogen-bond donors (Lipinski definition) is 0. The van der Waals surface area contributed by atoms with Crippen molar-refractivity contribution in [1.29, 1.82) is 5.26 Å². The normalized spacial score (nSPS) is 15.9. The summed E-state index contributed by atoms with van der Waals surface area (Å²) in [5.41, 5.74) is 2.53. The first-order valence-electron chi connectivity index (χ1n) is 6.74. The van der Waals surface area contributed by atoms with E-state index in [9.17, 15) is 4.39 Å². The molecule has 20 heavy (non-hydrogen) atoms. The number of hydrogen-bond acceptors (Lipinski definition) is 2. The van der Waals surface area contributed by atoms with Crippen LogP contribution >= 0.6 is 0 Å². The summed E-state index contributed by atoms with van der Waals surface area (Å²) in [6, 6.07) is 2.07. The quantitative estimate of drug-likeness (QED) is 0.488. The molecule has 1 atom stereocenters. The van der Waals surface area contributed by atoms with Crippen molar-refractivity contribution in [3.63, 3.8) is 0 Å². The van der Waals surface area contributed by atoms with Crippen LogP contribution in [-0.4, -0.2) is 19.4 Å².